The Morgan fingerprint density at radius 1 is 0.443 bits per heavy atom. The van der Waals surface area contributed by atoms with Gasteiger partial charge in [0.2, 0.25) is 11.5 Å². The molecular formula is C98H122N14O3. The fourth-order valence-corrected chi connectivity index (χ4v) is 12.1. The number of nitrogens with zero attached hydrogens (tertiary/aromatic N) is 14. The molecule has 0 spiro atoms. The summed E-state index contributed by atoms with van der Waals surface area (Å²) in [4.78, 5) is 30.2. The van der Waals surface area contributed by atoms with Crippen molar-refractivity contribution >= 4 is 81.6 Å². The summed E-state index contributed by atoms with van der Waals surface area (Å²) in [6, 6.07) is 52.1. The first-order valence-electron chi connectivity index (χ1n) is 39.5. The monoisotopic (exact) mass is 1540 g/mol. The largest absolute Gasteiger partial charge is 0.550 e. The van der Waals surface area contributed by atoms with Gasteiger partial charge in [-0.15, -0.1) is 0 Å². The first-order valence-corrected chi connectivity index (χ1v) is 39.5. The Morgan fingerprint density at radius 2 is 0.765 bits per heavy atom. The molecule has 0 atom stereocenters. The fraction of sp³-hybridized carbons (Fsp3) is 0.418. The number of nitriles is 2. The van der Waals surface area contributed by atoms with E-state index in [0.29, 0.717) is 56.0 Å². The lowest BCUT2D eigenvalue weighted by atomic mass is 9.85. The lowest BCUT2D eigenvalue weighted by Crippen LogP contribution is -2.22. The average molecular weight is 1540 g/mol. The summed E-state index contributed by atoms with van der Waals surface area (Å²) in [7, 11) is 8.45. The van der Waals surface area contributed by atoms with Crippen LogP contribution >= 0.6 is 0 Å². The number of anilines is 4. The summed E-state index contributed by atoms with van der Waals surface area (Å²) in [6.45, 7) is 69.9. The lowest BCUT2D eigenvalue weighted by molar-refractivity contribution is -0.385. The van der Waals surface area contributed by atoms with Crippen LogP contribution in [0.25, 0.3) is 44.9 Å². The van der Waals surface area contributed by atoms with Crippen molar-refractivity contribution in [2.45, 2.75) is 183 Å². The molecule has 0 radical (unpaired) electrons. The molecule has 0 fully saturated rings. The summed E-state index contributed by atoms with van der Waals surface area (Å²) >= 11 is 0. The van der Waals surface area contributed by atoms with Crippen LogP contribution in [0.4, 0.5) is 51.2 Å². The van der Waals surface area contributed by atoms with Crippen molar-refractivity contribution in [1.29, 1.82) is 10.5 Å². The summed E-state index contributed by atoms with van der Waals surface area (Å²) in [6.07, 6.45) is 17.5. The summed E-state index contributed by atoms with van der Waals surface area (Å²) in [5.41, 5.74) is 16.3. The predicted octanol–water partition coefficient (Wildman–Crippen LogP) is 27.6. The molecule has 115 heavy (non-hydrogen) atoms. The highest BCUT2D eigenvalue weighted by atomic mass is 16.6. The van der Waals surface area contributed by atoms with Crippen molar-refractivity contribution in [1.82, 2.24) is 0 Å². The number of nitro benzene ring substituents is 1. The molecule has 17 nitrogen and oxygen atoms in total. The molecule has 0 bridgehead atoms. The van der Waals surface area contributed by atoms with Crippen LogP contribution < -0.4 is 19.6 Å². The molecule has 1 aliphatic rings. The van der Waals surface area contributed by atoms with Crippen molar-refractivity contribution in [3.63, 3.8) is 0 Å². The van der Waals surface area contributed by atoms with E-state index in [1.807, 2.05) is 98.8 Å². The van der Waals surface area contributed by atoms with Crippen molar-refractivity contribution < 1.29 is 9.66 Å². The fourth-order valence-electron chi connectivity index (χ4n) is 12.1. The third-order valence-corrected chi connectivity index (χ3v) is 19.2. The van der Waals surface area contributed by atoms with Crippen LogP contribution in [0.2, 0.25) is 0 Å². The molecule has 0 N–H and O–H groups in total. The van der Waals surface area contributed by atoms with Gasteiger partial charge in [-0.1, -0.05) is 191 Å². The maximum Gasteiger partial charge on any atom is 0.550 e. The van der Waals surface area contributed by atoms with E-state index < -0.39 is 5.60 Å². The average Bonchev–Trinajstić information content (AvgIpc) is 1.63. The second-order valence-corrected chi connectivity index (χ2v) is 37.6. The van der Waals surface area contributed by atoms with Gasteiger partial charge in [-0.2, -0.15) is 40.7 Å². The van der Waals surface area contributed by atoms with Crippen LogP contribution in [-0.4, -0.2) is 64.9 Å². The summed E-state index contributed by atoms with van der Waals surface area (Å²) < 4.78 is 5.93. The SMILES string of the molecule is CN(CCC(C)(C)C)c1ccc(/C=C/c2cc(C#N)c(/C=C/c3ccc(N(C)CCC(C)(C)C)cc3)cc2C#N)cc1.CN(CCC(C)(C)C)c1ccc(N=Nc2ccc([N+](=O)[O-])c(CC(C)(C)C)c2)cc1.[C-]#[N+]C([N+]#[C-])=C1OC(C)(C)C(/C=C/c2ccc(N=Nc3ccc(N(C)CCC(C)(C)C)cc3)cc2CC(C)(C)C)=C1[N+]#[C-]. The van der Waals surface area contributed by atoms with Gasteiger partial charge in [0.05, 0.1) is 57.5 Å². The van der Waals surface area contributed by atoms with Gasteiger partial charge in [0.25, 0.3) is 5.69 Å². The first-order chi connectivity index (χ1) is 53.7. The Balaban J connectivity index is 0.000000273. The molecule has 602 valence electrons. The van der Waals surface area contributed by atoms with E-state index in [1.165, 1.54) is 17.4 Å². The Morgan fingerprint density at radius 3 is 1.10 bits per heavy atom. The summed E-state index contributed by atoms with van der Waals surface area (Å²) in [5.74, 6) is -0.173. The van der Waals surface area contributed by atoms with Gasteiger partial charge in [0.1, 0.15) is 18.7 Å². The predicted molar refractivity (Wildman–Crippen MR) is 481 cm³/mol. The van der Waals surface area contributed by atoms with Gasteiger partial charge in [-0.05, 0) is 227 Å². The van der Waals surface area contributed by atoms with Crippen LogP contribution in [0.3, 0.4) is 0 Å². The molecule has 0 amide bonds. The standard InChI is InChI=1S/C38H46N4.C36H42N6O.C24H34N4O2/c1-37(2,3)21-23-41(7)35-17-11-29(12-18-35)9-15-31-25-34(28-40)32(26-33(31)27-39)16-10-30-13-19-36(20-14-30)42(8)24-22-38(4,5)6;1-34(2,3)21-22-42(12)29-18-16-27(17-19-29)40-41-28-15-13-25(26(23-28)24-35(4,5)6)14-20-30-31(37-9)32(33(38-10)39-11)43-36(30,7)8;1-23(2,3)14-15-27(7)21-11-8-19(9-12-21)25-26-20-10-13-22(28(29)30)18(16-20)17-24(4,5)6/h9-20,25-26H,21-24H2,1-8H3;13-20,23H,21-22,24H2,1-8,12H3;8-13,16H,14-15,17H2,1-7H3/b15-9+,16-10+;20-14+,41-40?;. The molecule has 7 aromatic rings. The van der Waals surface area contributed by atoms with Gasteiger partial charge in [0.15, 0.2) is 0 Å². The highest BCUT2D eigenvalue weighted by molar-refractivity contribution is 5.79. The number of rotatable bonds is 25. The number of ether oxygens (including phenoxy) is 1. The normalized spacial score (nSPS) is 13.2. The molecule has 8 rings (SSSR count). The van der Waals surface area contributed by atoms with Gasteiger partial charge >= 0.3 is 5.82 Å². The minimum absolute atomic E-state index is 0.0277. The molecule has 1 heterocycles. The molecular weight excluding hydrogens is 1420 g/mol. The number of hydrogen-bond donors (Lipinski definition) is 0. The van der Waals surface area contributed by atoms with E-state index in [0.717, 1.165) is 120 Å². The number of nitro groups is 1. The maximum atomic E-state index is 11.3. The van der Waals surface area contributed by atoms with Crippen molar-refractivity contribution in [2.24, 2.45) is 52.9 Å². The lowest BCUT2D eigenvalue weighted by Gasteiger charge is -2.25. The third kappa shape index (κ3) is 31.0. The van der Waals surface area contributed by atoms with Crippen molar-refractivity contribution in [2.75, 3.05) is 74.0 Å². The van der Waals surface area contributed by atoms with Crippen LogP contribution in [0, 0.1) is 85.0 Å². The van der Waals surface area contributed by atoms with E-state index >= 15 is 0 Å². The Bertz CT molecular complexity index is 4790. The second kappa shape index (κ2) is 40.3. The first kappa shape index (κ1) is 92.2. The quantitative estimate of drug-likeness (QED) is 0.0177. The van der Waals surface area contributed by atoms with Crippen LogP contribution in [0.1, 0.15) is 214 Å². The van der Waals surface area contributed by atoms with Gasteiger partial charge < -0.3 is 24.3 Å². The molecule has 1 aliphatic heterocycles. The number of hydrogen-bond acceptors (Lipinski definition) is 13. The molecule has 17 heteroatoms. The van der Waals surface area contributed by atoms with E-state index in [1.54, 1.807) is 24.3 Å². The summed E-state index contributed by atoms with van der Waals surface area (Å²) in [5, 5.41) is 48.7. The van der Waals surface area contributed by atoms with E-state index in [4.69, 9.17) is 24.5 Å². The zero-order valence-corrected chi connectivity index (χ0v) is 72.9. The van der Waals surface area contributed by atoms with Crippen LogP contribution in [-0.2, 0) is 17.6 Å². The number of azo groups is 2. The van der Waals surface area contributed by atoms with Gasteiger partial charge in [-0.25, -0.2) is 4.85 Å². The topological polar surface area (TPSA) is 175 Å². The van der Waals surface area contributed by atoms with Crippen LogP contribution in [0.15, 0.2) is 195 Å². The molecule has 0 aliphatic carbocycles. The van der Waals surface area contributed by atoms with Gasteiger partial charge in [0, 0.05) is 94.3 Å². The Kier molecular flexibility index (Phi) is 32.3. The minimum Gasteiger partial charge on any atom is -0.499 e. The molecule has 0 saturated heterocycles. The van der Waals surface area contributed by atoms with E-state index in [2.05, 4.69) is 286 Å². The molecule has 7 aromatic carbocycles. The third-order valence-electron chi connectivity index (χ3n) is 19.2. The smallest absolute Gasteiger partial charge is 0.499 e. The van der Waals surface area contributed by atoms with E-state index in [-0.39, 0.29) is 38.7 Å². The zero-order valence-electron chi connectivity index (χ0n) is 72.9. The zero-order chi connectivity index (χ0) is 85.4. The van der Waals surface area contributed by atoms with Crippen molar-refractivity contribution in [3.05, 3.63) is 269 Å². The second-order valence-electron chi connectivity index (χ2n) is 37.6. The van der Waals surface area contributed by atoms with E-state index in [9.17, 15) is 20.6 Å². The molecule has 0 unspecified atom stereocenters. The Labute approximate surface area is 688 Å². The number of benzene rings is 7. The Hall–Kier alpha value is -11.7. The highest BCUT2D eigenvalue weighted by Gasteiger charge is 2.41. The van der Waals surface area contributed by atoms with Crippen LogP contribution in [0.5, 0.6) is 0 Å². The molecule has 0 saturated carbocycles. The van der Waals surface area contributed by atoms with Gasteiger partial charge in [-0.3, -0.25) is 10.1 Å². The maximum absolute atomic E-state index is 11.3. The van der Waals surface area contributed by atoms with Crippen molar-refractivity contribution in [3.8, 4) is 12.1 Å². The minimum atomic E-state index is -0.846. The highest BCUT2D eigenvalue weighted by Crippen LogP contribution is 2.43. The molecule has 0 aromatic heterocycles.